The number of aromatic nitrogens is 2. The molecule has 0 saturated heterocycles. The molecule has 0 spiro atoms. The average molecular weight is 443 g/mol. The van der Waals surface area contributed by atoms with Gasteiger partial charge in [-0.3, -0.25) is 9.59 Å². The minimum atomic E-state index is -0.109. The number of anilines is 1. The Balaban J connectivity index is 1.73. The minimum absolute atomic E-state index is 0.0434. The number of imidazole rings is 1. The summed E-state index contributed by atoms with van der Waals surface area (Å²) in [4.78, 5) is 28.7. The Hall–Kier alpha value is -2.67. The van der Waals surface area contributed by atoms with Crippen LogP contribution in [0.1, 0.15) is 25.6 Å². The van der Waals surface area contributed by atoms with E-state index in [1.807, 2.05) is 60.0 Å². The van der Waals surface area contributed by atoms with Gasteiger partial charge in [0.05, 0.1) is 11.0 Å². The van der Waals surface area contributed by atoms with Gasteiger partial charge in [0, 0.05) is 29.5 Å². The van der Waals surface area contributed by atoms with E-state index in [0.29, 0.717) is 19.4 Å². The molecule has 3 rings (SSSR count). The largest absolute Gasteiger partial charge is 0.356 e. The fourth-order valence-corrected chi connectivity index (χ4v) is 3.40. The summed E-state index contributed by atoms with van der Waals surface area (Å²) in [6.07, 6.45) is 1.93. The first-order valence-electron chi connectivity index (χ1n) is 9.33. The van der Waals surface area contributed by atoms with Crippen molar-refractivity contribution in [2.45, 2.75) is 32.7 Å². The van der Waals surface area contributed by atoms with Gasteiger partial charge in [0.1, 0.15) is 12.4 Å². The van der Waals surface area contributed by atoms with Gasteiger partial charge in [-0.15, -0.1) is 0 Å². The summed E-state index contributed by atoms with van der Waals surface area (Å²) in [7, 11) is 0. The van der Waals surface area contributed by atoms with E-state index in [0.717, 1.165) is 33.4 Å². The number of rotatable bonds is 8. The molecule has 7 heteroatoms. The van der Waals surface area contributed by atoms with Gasteiger partial charge >= 0.3 is 0 Å². The highest BCUT2D eigenvalue weighted by Gasteiger charge is 2.14. The zero-order chi connectivity index (χ0) is 19.9. The van der Waals surface area contributed by atoms with Gasteiger partial charge in [-0.25, -0.2) is 4.98 Å². The zero-order valence-electron chi connectivity index (χ0n) is 15.7. The second-order valence-corrected chi connectivity index (χ2v) is 7.38. The number of aryl methyl sites for hydroxylation is 1. The first kappa shape index (κ1) is 20.1. The quantitative estimate of drug-likeness (QED) is 0.519. The summed E-state index contributed by atoms with van der Waals surface area (Å²) in [5, 5.41) is 5.80. The number of para-hydroxylation sites is 2. The zero-order valence-corrected chi connectivity index (χ0v) is 17.3. The lowest BCUT2D eigenvalue weighted by atomic mass is 10.2. The molecule has 28 heavy (non-hydrogen) atoms. The van der Waals surface area contributed by atoms with E-state index in [9.17, 15) is 9.59 Å². The molecule has 0 aliphatic heterocycles. The number of carbonyl (C=O) groups is 2. The Morgan fingerprint density at radius 1 is 1.11 bits per heavy atom. The standard InChI is InChI=1S/C21H23BrN4O2/c1-2-20(27)23-12-6-11-19-25-17-9-3-4-10-18(17)26(19)14-21(28)24-16-8-5-7-15(22)13-16/h3-5,7-10,13H,2,6,11-12,14H2,1H3,(H,23,27)(H,24,28). The third-order valence-corrected chi connectivity index (χ3v) is 4.86. The van der Waals surface area contributed by atoms with Crippen molar-refractivity contribution in [3.05, 3.63) is 58.8 Å². The second-order valence-electron chi connectivity index (χ2n) is 6.47. The van der Waals surface area contributed by atoms with Crippen LogP contribution >= 0.6 is 15.9 Å². The van der Waals surface area contributed by atoms with Gasteiger partial charge in [0.25, 0.3) is 0 Å². The van der Waals surface area contributed by atoms with Gasteiger partial charge in [0.2, 0.25) is 11.8 Å². The molecule has 6 nitrogen and oxygen atoms in total. The smallest absolute Gasteiger partial charge is 0.244 e. The molecule has 0 atom stereocenters. The SMILES string of the molecule is CCC(=O)NCCCc1nc2ccccc2n1CC(=O)Nc1cccc(Br)c1. The normalized spacial score (nSPS) is 10.8. The maximum atomic E-state index is 12.6. The van der Waals surface area contributed by atoms with Crippen molar-refractivity contribution >= 4 is 44.5 Å². The van der Waals surface area contributed by atoms with Gasteiger partial charge in [0.15, 0.2) is 0 Å². The maximum absolute atomic E-state index is 12.6. The van der Waals surface area contributed by atoms with E-state index in [1.54, 1.807) is 0 Å². The first-order valence-corrected chi connectivity index (χ1v) is 10.1. The average Bonchev–Trinajstić information content (AvgIpc) is 3.02. The number of halogens is 1. The van der Waals surface area contributed by atoms with Crippen molar-refractivity contribution in [1.29, 1.82) is 0 Å². The molecule has 2 aromatic carbocycles. The predicted octanol–water partition coefficient (Wildman–Crippen LogP) is 3.90. The highest BCUT2D eigenvalue weighted by atomic mass is 79.9. The Morgan fingerprint density at radius 3 is 2.71 bits per heavy atom. The molecule has 146 valence electrons. The Bertz CT molecular complexity index is 983. The van der Waals surface area contributed by atoms with Crippen LogP contribution in [0.4, 0.5) is 5.69 Å². The number of nitrogens with zero attached hydrogens (tertiary/aromatic N) is 2. The van der Waals surface area contributed by atoms with Crippen LogP contribution in [0.3, 0.4) is 0 Å². The summed E-state index contributed by atoms with van der Waals surface area (Å²) >= 11 is 3.41. The predicted molar refractivity (Wildman–Crippen MR) is 114 cm³/mol. The van der Waals surface area contributed by atoms with Crippen molar-refractivity contribution in [2.75, 3.05) is 11.9 Å². The molecular weight excluding hydrogens is 420 g/mol. The molecule has 3 aromatic rings. The molecule has 0 unspecified atom stereocenters. The minimum Gasteiger partial charge on any atom is -0.356 e. The van der Waals surface area contributed by atoms with Crippen molar-refractivity contribution in [2.24, 2.45) is 0 Å². The van der Waals surface area contributed by atoms with Gasteiger partial charge < -0.3 is 15.2 Å². The molecule has 0 saturated carbocycles. The molecule has 1 heterocycles. The summed E-state index contributed by atoms with van der Waals surface area (Å²) in [5.41, 5.74) is 2.54. The molecule has 0 fully saturated rings. The molecule has 0 radical (unpaired) electrons. The van der Waals surface area contributed by atoms with Gasteiger partial charge in [-0.05, 0) is 36.8 Å². The molecule has 0 aliphatic carbocycles. The molecule has 0 aliphatic rings. The van der Waals surface area contributed by atoms with E-state index in [1.165, 1.54) is 0 Å². The number of benzene rings is 2. The molecule has 2 N–H and O–H groups in total. The summed E-state index contributed by atoms with van der Waals surface area (Å²) < 4.78 is 2.86. The number of fused-ring (bicyclic) bond motifs is 1. The van der Waals surface area contributed by atoms with Crippen molar-refractivity contribution in [3.63, 3.8) is 0 Å². The van der Waals surface area contributed by atoms with Crippen molar-refractivity contribution in [1.82, 2.24) is 14.9 Å². The van der Waals surface area contributed by atoms with Crippen LogP contribution in [-0.2, 0) is 22.6 Å². The van der Waals surface area contributed by atoms with Crippen LogP contribution in [0.2, 0.25) is 0 Å². The van der Waals surface area contributed by atoms with Crippen LogP contribution in [0.25, 0.3) is 11.0 Å². The van der Waals surface area contributed by atoms with Crippen molar-refractivity contribution in [3.8, 4) is 0 Å². The number of amides is 2. The summed E-state index contributed by atoms with van der Waals surface area (Å²) in [5.74, 6) is 0.778. The van der Waals surface area contributed by atoms with Crippen LogP contribution in [0.15, 0.2) is 53.0 Å². The van der Waals surface area contributed by atoms with E-state index >= 15 is 0 Å². The number of hydrogen-bond donors (Lipinski definition) is 2. The molecule has 2 amide bonds. The highest BCUT2D eigenvalue weighted by molar-refractivity contribution is 9.10. The van der Waals surface area contributed by atoms with Gasteiger partial charge in [-0.2, -0.15) is 0 Å². The highest BCUT2D eigenvalue weighted by Crippen LogP contribution is 2.19. The Labute approximate surface area is 172 Å². The topological polar surface area (TPSA) is 76.0 Å². The second kappa shape index (κ2) is 9.50. The third-order valence-electron chi connectivity index (χ3n) is 4.36. The van der Waals surface area contributed by atoms with Crippen LogP contribution in [0.5, 0.6) is 0 Å². The summed E-state index contributed by atoms with van der Waals surface area (Å²) in [6.45, 7) is 2.61. The van der Waals surface area contributed by atoms with E-state index in [4.69, 9.17) is 0 Å². The lowest BCUT2D eigenvalue weighted by Gasteiger charge is -2.11. The van der Waals surface area contributed by atoms with Crippen LogP contribution < -0.4 is 10.6 Å². The number of nitrogens with one attached hydrogen (secondary N) is 2. The van der Waals surface area contributed by atoms with E-state index in [2.05, 4.69) is 31.5 Å². The van der Waals surface area contributed by atoms with E-state index < -0.39 is 0 Å². The number of carbonyl (C=O) groups excluding carboxylic acids is 2. The third kappa shape index (κ3) is 5.19. The molecular formula is C21H23BrN4O2. The maximum Gasteiger partial charge on any atom is 0.244 e. The fourth-order valence-electron chi connectivity index (χ4n) is 3.00. The van der Waals surface area contributed by atoms with Crippen LogP contribution in [0, 0.1) is 0 Å². The lowest BCUT2D eigenvalue weighted by Crippen LogP contribution is -2.24. The first-order chi connectivity index (χ1) is 13.6. The van der Waals surface area contributed by atoms with Crippen LogP contribution in [-0.4, -0.2) is 27.9 Å². The number of hydrogen-bond acceptors (Lipinski definition) is 3. The molecule has 0 bridgehead atoms. The lowest BCUT2D eigenvalue weighted by molar-refractivity contribution is -0.120. The van der Waals surface area contributed by atoms with Crippen molar-refractivity contribution < 1.29 is 9.59 Å². The summed E-state index contributed by atoms with van der Waals surface area (Å²) in [6, 6.07) is 15.3. The van der Waals surface area contributed by atoms with E-state index in [-0.39, 0.29) is 18.4 Å². The fraction of sp³-hybridized carbons (Fsp3) is 0.286. The molecule has 1 aromatic heterocycles. The Morgan fingerprint density at radius 2 is 1.93 bits per heavy atom. The van der Waals surface area contributed by atoms with Gasteiger partial charge in [-0.1, -0.05) is 41.1 Å². The Kier molecular flexibility index (Phi) is 6.81. The monoisotopic (exact) mass is 442 g/mol.